The monoisotopic (exact) mass is 558 g/mol. The number of nitrogens with zero attached hydrogens (tertiary/aromatic N) is 2. The van der Waals surface area contributed by atoms with Gasteiger partial charge in [-0.3, -0.25) is 4.90 Å². The summed E-state index contributed by atoms with van der Waals surface area (Å²) in [6.07, 6.45) is 1.21. The summed E-state index contributed by atoms with van der Waals surface area (Å²) in [6.45, 7) is 10.3. The molecule has 0 aliphatic carbocycles. The van der Waals surface area contributed by atoms with Crippen LogP contribution in [0.25, 0.3) is 0 Å². The van der Waals surface area contributed by atoms with Crippen molar-refractivity contribution in [2.45, 2.75) is 38.3 Å². The Balaban J connectivity index is 0.00000480. The third-order valence-corrected chi connectivity index (χ3v) is 6.14. The average molecular weight is 559 g/mol. The fourth-order valence-corrected chi connectivity index (χ4v) is 3.98. The maximum absolute atomic E-state index is 11.6. The van der Waals surface area contributed by atoms with E-state index in [1.807, 2.05) is 25.1 Å². The number of halogens is 1. The van der Waals surface area contributed by atoms with Gasteiger partial charge in [0.2, 0.25) is 0 Å². The molecule has 0 spiro atoms. The summed E-state index contributed by atoms with van der Waals surface area (Å²) in [5, 5.41) is 6.77. The van der Waals surface area contributed by atoms with Crippen LogP contribution in [0.5, 0.6) is 0 Å². The lowest BCUT2D eigenvalue weighted by molar-refractivity contribution is 0.219. The van der Waals surface area contributed by atoms with Crippen LogP contribution in [0, 0.1) is 0 Å². The van der Waals surface area contributed by atoms with Gasteiger partial charge in [0, 0.05) is 19.3 Å². The predicted molar refractivity (Wildman–Crippen MR) is 140 cm³/mol. The van der Waals surface area contributed by atoms with Crippen molar-refractivity contribution in [1.82, 2.24) is 15.5 Å². The van der Waals surface area contributed by atoms with Gasteiger partial charge < -0.3 is 10.6 Å². The van der Waals surface area contributed by atoms with Gasteiger partial charge in [0.25, 0.3) is 0 Å². The first-order chi connectivity index (χ1) is 14.4. The van der Waals surface area contributed by atoms with Gasteiger partial charge in [-0.1, -0.05) is 56.3 Å². The zero-order chi connectivity index (χ0) is 22.0. The van der Waals surface area contributed by atoms with E-state index in [1.54, 1.807) is 12.1 Å². The van der Waals surface area contributed by atoms with E-state index in [0.29, 0.717) is 11.4 Å². The maximum atomic E-state index is 11.6. The lowest BCUT2D eigenvalue weighted by Crippen LogP contribution is -2.43. The Morgan fingerprint density at radius 3 is 2.10 bits per heavy atom. The van der Waals surface area contributed by atoms with Gasteiger partial charge in [0.1, 0.15) is 0 Å². The van der Waals surface area contributed by atoms with Gasteiger partial charge in [0.05, 0.1) is 17.5 Å². The Morgan fingerprint density at radius 2 is 1.58 bits per heavy atom. The summed E-state index contributed by atoms with van der Waals surface area (Å²) < 4.78 is 23.2. The maximum Gasteiger partial charge on any atom is 0.191 e. The van der Waals surface area contributed by atoms with E-state index in [0.717, 1.165) is 37.7 Å². The van der Waals surface area contributed by atoms with Crippen molar-refractivity contribution in [3.05, 3.63) is 65.7 Å². The molecule has 0 aliphatic rings. The Kier molecular flexibility index (Phi) is 12.1. The molecule has 0 heterocycles. The Morgan fingerprint density at radius 1 is 0.968 bits per heavy atom. The number of guanidine groups is 1. The molecule has 0 amide bonds. The van der Waals surface area contributed by atoms with Gasteiger partial charge in [-0.25, -0.2) is 13.4 Å². The molecule has 2 rings (SSSR count). The molecule has 0 bridgehead atoms. The summed E-state index contributed by atoms with van der Waals surface area (Å²) in [5.74, 6) is 0.748. The van der Waals surface area contributed by atoms with Crippen molar-refractivity contribution >= 4 is 39.8 Å². The molecule has 1 atom stereocenters. The number of sulfone groups is 1. The number of hydrogen-bond acceptors (Lipinski definition) is 4. The normalized spacial score (nSPS) is 12.9. The molecule has 0 saturated carbocycles. The second kappa shape index (κ2) is 13.7. The van der Waals surface area contributed by atoms with Crippen molar-refractivity contribution in [2.75, 3.05) is 32.4 Å². The number of aliphatic imine (C=N–C) groups is 1. The first kappa shape index (κ1) is 27.4. The first-order valence-electron chi connectivity index (χ1n) is 10.5. The van der Waals surface area contributed by atoms with Crippen molar-refractivity contribution in [2.24, 2.45) is 4.99 Å². The van der Waals surface area contributed by atoms with Gasteiger partial charge >= 0.3 is 0 Å². The van der Waals surface area contributed by atoms with Crippen LogP contribution >= 0.6 is 24.0 Å². The van der Waals surface area contributed by atoms with Gasteiger partial charge in [-0.15, -0.1) is 24.0 Å². The molecule has 0 fully saturated rings. The minimum atomic E-state index is -3.18. The van der Waals surface area contributed by atoms with Crippen LogP contribution in [0.3, 0.4) is 0 Å². The molecule has 0 aliphatic heterocycles. The van der Waals surface area contributed by atoms with E-state index in [-0.39, 0.29) is 30.0 Å². The molecule has 172 valence electrons. The molecule has 0 aromatic heterocycles. The summed E-state index contributed by atoms with van der Waals surface area (Å²) in [4.78, 5) is 7.43. The molecule has 1 unspecified atom stereocenters. The quantitative estimate of drug-likeness (QED) is 0.264. The number of benzene rings is 2. The third kappa shape index (κ3) is 8.78. The molecule has 0 radical (unpaired) electrons. The van der Waals surface area contributed by atoms with E-state index < -0.39 is 9.84 Å². The fourth-order valence-electron chi connectivity index (χ4n) is 3.34. The smallest absolute Gasteiger partial charge is 0.191 e. The van der Waals surface area contributed by atoms with Crippen molar-refractivity contribution in [3.8, 4) is 0 Å². The summed E-state index contributed by atoms with van der Waals surface area (Å²) in [6, 6.07) is 17.7. The molecule has 0 saturated heterocycles. The summed E-state index contributed by atoms with van der Waals surface area (Å²) in [7, 11) is -3.18. The van der Waals surface area contributed by atoms with Gasteiger partial charge in [-0.05, 0) is 43.3 Å². The van der Waals surface area contributed by atoms with E-state index >= 15 is 0 Å². The number of hydrogen-bond donors (Lipinski definition) is 2. The highest BCUT2D eigenvalue weighted by molar-refractivity contribution is 14.0. The summed E-state index contributed by atoms with van der Waals surface area (Å²) in [5.41, 5.74) is 2.24. The van der Waals surface area contributed by atoms with E-state index in [1.165, 1.54) is 11.8 Å². The van der Waals surface area contributed by atoms with Crippen LogP contribution in [0.2, 0.25) is 0 Å². The zero-order valence-corrected chi connectivity index (χ0v) is 22.0. The van der Waals surface area contributed by atoms with Crippen LogP contribution < -0.4 is 10.6 Å². The highest BCUT2D eigenvalue weighted by Crippen LogP contribution is 2.19. The topological polar surface area (TPSA) is 73.8 Å². The molecule has 2 aromatic rings. The lowest BCUT2D eigenvalue weighted by atomic mass is 10.1. The highest BCUT2D eigenvalue weighted by Gasteiger charge is 2.18. The zero-order valence-electron chi connectivity index (χ0n) is 18.8. The lowest BCUT2D eigenvalue weighted by Gasteiger charge is -2.30. The SMILES string of the molecule is CCNC(=NCc1ccc(S(C)(=O)=O)cc1)NCC(c1ccccc1)N(CC)CC.I. The molecule has 2 aromatic carbocycles. The highest BCUT2D eigenvalue weighted by atomic mass is 127. The first-order valence-corrected chi connectivity index (χ1v) is 12.4. The molecule has 8 heteroatoms. The number of nitrogens with one attached hydrogen (secondary N) is 2. The summed E-state index contributed by atoms with van der Waals surface area (Å²) >= 11 is 0. The second-order valence-electron chi connectivity index (χ2n) is 7.14. The minimum absolute atomic E-state index is 0. The largest absolute Gasteiger partial charge is 0.357 e. The van der Waals surface area contributed by atoms with Crippen LogP contribution in [-0.4, -0.2) is 51.7 Å². The standard InChI is InChI=1S/C23H34N4O2S.HI/c1-5-24-23(25-17-19-13-15-21(16-14-19)30(4,28)29)26-18-22(27(6-2)7-3)20-11-9-8-10-12-20;/h8-16,22H,5-7,17-18H2,1-4H3,(H2,24,25,26);1H. The van der Waals surface area contributed by atoms with Crippen LogP contribution in [0.15, 0.2) is 64.5 Å². The molecule has 2 N–H and O–H groups in total. The third-order valence-electron chi connectivity index (χ3n) is 5.02. The predicted octanol–water partition coefficient (Wildman–Crippen LogP) is 3.85. The van der Waals surface area contributed by atoms with E-state index in [2.05, 4.69) is 58.6 Å². The number of likely N-dealkylation sites (N-methyl/N-ethyl adjacent to an activating group) is 1. The fraction of sp³-hybridized carbons (Fsp3) is 0.435. The van der Waals surface area contributed by atoms with E-state index in [4.69, 9.17) is 0 Å². The van der Waals surface area contributed by atoms with E-state index in [9.17, 15) is 8.42 Å². The van der Waals surface area contributed by atoms with Crippen LogP contribution in [0.4, 0.5) is 0 Å². The van der Waals surface area contributed by atoms with Gasteiger partial charge in [0.15, 0.2) is 15.8 Å². The average Bonchev–Trinajstić information content (AvgIpc) is 2.75. The van der Waals surface area contributed by atoms with Gasteiger partial charge in [-0.2, -0.15) is 0 Å². The molecule has 6 nitrogen and oxygen atoms in total. The minimum Gasteiger partial charge on any atom is -0.357 e. The van der Waals surface area contributed by atoms with Crippen molar-refractivity contribution < 1.29 is 8.42 Å². The Bertz CT molecular complexity index is 899. The Hall–Kier alpha value is -1.65. The second-order valence-corrected chi connectivity index (χ2v) is 9.16. The number of rotatable bonds is 10. The Labute approximate surface area is 204 Å². The molecular weight excluding hydrogens is 523 g/mol. The molecular formula is C23H35IN4O2S. The molecule has 31 heavy (non-hydrogen) atoms. The van der Waals surface area contributed by atoms with Crippen molar-refractivity contribution in [3.63, 3.8) is 0 Å². The van der Waals surface area contributed by atoms with Crippen LogP contribution in [0.1, 0.15) is 37.9 Å². The van der Waals surface area contributed by atoms with Crippen molar-refractivity contribution in [1.29, 1.82) is 0 Å². The van der Waals surface area contributed by atoms with Crippen LogP contribution in [-0.2, 0) is 16.4 Å².